The van der Waals surface area contributed by atoms with Gasteiger partial charge in [0, 0.05) is 11.8 Å². The molecule has 0 radical (unpaired) electrons. The van der Waals surface area contributed by atoms with Crippen LogP contribution >= 0.6 is 0 Å². The van der Waals surface area contributed by atoms with Crippen LogP contribution in [0.15, 0.2) is 6.20 Å². The van der Waals surface area contributed by atoms with Crippen molar-refractivity contribution < 1.29 is 8.78 Å². The Bertz CT molecular complexity index is 257. The number of aryl methyl sites for hydroxylation is 1. The van der Waals surface area contributed by atoms with Crippen molar-refractivity contribution in [3.63, 3.8) is 0 Å². The summed E-state index contributed by atoms with van der Waals surface area (Å²) >= 11 is 0. The monoisotopic (exact) mass is 175 g/mol. The third-order valence-electron chi connectivity index (χ3n) is 1.58. The normalized spacial score (nSPS) is 11.0. The number of nitrogens with two attached hydrogens (primary N) is 1. The number of halogens is 2. The highest BCUT2D eigenvalue weighted by Crippen LogP contribution is 2.10. The highest BCUT2D eigenvalue weighted by atomic mass is 19.3. The number of nitrogen functional groups attached to an aromatic ring is 1. The Hall–Kier alpha value is -1.13. The van der Waals surface area contributed by atoms with Crippen molar-refractivity contribution in [3.8, 4) is 0 Å². The topological polar surface area (TPSA) is 43.8 Å². The maximum Gasteiger partial charge on any atom is 0.257 e. The van der Waals surface area contributed by atoms with Gasteiger partial charge in [-0.05, 0) is 6.42 Å². The molecule has 0 aromatic carbocycles. The lowest BCUT2D eigenvalue weighted by Gasteiger charge is -1.97. The van der Waals surface area contributed by atoms with Crippen LogP contribution in [0, 0.1) is 0 Å². The van der Waals surface area contributed by atoms with Crippen LogP contribution in [-0.4, -0.2) is 16.2 Å². The minimum atomic E-state index is -2.38. The van der Waals surface area contributed by atoms with Gasteiger partial charge in [0.25, 0.3) is 6.43 Å². The highest BCUT2D eigenvalue weighted by Gasteiger charge is 2.07. The SMILES string of the molecule is CCc1cn(CC(F)F)nc1N. The summed E-state index contributed by atoms with van der Waals surface area (Å²) in [6, 6.07) is 0. The molecule has 3 nitrogen and oxygen atoms in total. The molecule has 0 saturated heterocycles. The molecule has 1 heterocycles. The number of alkyl halides is 2. The predicted molar refractivity (Wildman–Crippen MR) is 42.0 cm³/mol. The molecule has 0 spiro atoms. The first-order chi connectivity index (χ1) is 5.63. The van der Waals surface area contributed by atoms with Crippen LogP contribution in [-0.2, 0) is 13.0 Å². The Morgan fingerprint density at radius 3 is 2.75 bits per heavy atom. The van der Waals surface area contributed by atoms with Gasteiger partial charge >= 0.3 is 0 Å². The van der Waals surface area contributed by atoms with Crippen LogP contribution in [0.2, 0.25) is 0 Å². The molecule has 0 aliphatic carbocycles. The molecule has 1 aromatic heterocycles. The Morgan fingerprint density at radius 1 is 1.67 bits per heavy atom. The summed E-state index contributed by atoms with van der Waals surface area (Å²) in [6.45, 7) is 1.52. The van der Waals surface area contributed by atoms with Crippen LogP contribution in [0.5, 0.6) is 0 Å². The molecule has 0 aliphatic rings. The molecule has 68 valence electrons. The number of hydrogen-bond donors (Lipinski definition) is 1. The van der Waals surface area contributed by atoms with E-state index >= 15 is 0 Å². The lowest BCUT2D eigenvalue weighted by molar-refractivity contribution is 0.122. The average molecular weight is 175 g/mol. The Kier molecular flexibility index (Phi) is 2.62. The summed E-state index contributed by atoms with van der Waals surface area (Å²) < 4.78 is 24.9. The van der Waals surface area contributed by atoms with Crippen LogP contribution in [0.4, 0.5) is 14.6 Å². The Morgan fingerprint density at radius 2 is 2.33 bits per heavy atom. The van der Waals surface area contributed by atoms with E-state index in [1.807, 2.05) is 6.92 Å². The molecule has 1 aromatic rings. The molecule has 0 bridgehead atoms. The zero-order valence-corrected chi connectivity index (χ0v) is 6.80. The number of rotatable bonds is 3. The smallest absolute Gasteiger partial charge is 0.257 e. The van der Waals surface area contributed by atoms with Crippen molar-refractivity contribution in [2.45, 2.75) is 26.3 Å². The summed E-state index contributed by atoms with van der Waals surface area (Å²) in [6.07, 6.45) is -0.106. The Balaban J connectivity index is 2.75. The van der Waals surface area contributed by atoms with Gasteiger partial charge in [0.2, 0.25) is 0 Å². The minimum absolute atomic E-state index is 0.346. The number of anilines is 1. The van der Waals surface area contributed by atoms with Gasteiger partial charge in [-0.1, -0.05) is 6.92 Å². The van der Waals surface area contributed by atoms with E-state index in [9.17, 15) is 8.78 Å². The van der Waals surface area contributed by atoms with Crippen molar-refractivity contribution in [3.05, 3.63) is 11.8 Å². The summed E-state index contributed by atoms with van der Waals surface area (Å²) in [4.78, 5) is 0. The Labute approximate surface area is 69.2 Å². The lowest BCUT2D eigenvalue weighted by atomic mass is 10.3. The van der Waals surface area contributed by atoms with Crippen molar-refractivity contribution in [1.29, 1.82) is 0 Å². The fraction of sp³-hybridized carbons (Fsp3) is 0.571. The van der Waals surface area contributed by atoms with Gasteiger partial charge in [0.15, 0.2) is 0 Å². The van der Waals surface area contributed by atoms with Gasteiger partial charge in [-0.15, -0.1) is 0 Å². The fourth-order valence-corrected chi connectivity index (χ4v) is 0.985. The molecule has 0 unspecified atom stereocenters. The standard InChI is InChI=1S/C7H11F2N3/c1-2-5-3-12(4-6(8)9)11-7(5)10/h3,6H,2,4H2,1H3,(H2,10,11). The van der Waals surface area contributed by atoms with Gasteiger partial charge in [-0.2, -0.15) is 5.10 Å². The first-order valence-corrected chi connectivity index (χ1v) is 3.73. The third-order valence-corrected chi connectivity index (χ3v) is 1.58. The summed E-state index contributed by atoms with van der Waals surface area (Å²) in [5.74, 6) is 0.346. The molecule has 1 rings (SSSR count). The largest absolute Gasteiger partial charge is 0.382 e. The van der Waals surface area contributed by atoms with Gasteiger partial charge in [0.05, 0.1) is 0 Å². The third kappa shape index (κ3) is 1.93. The van der Waals surface area contributed by atoms with E-state index in [1.165, 1.54) is 4.68 Å². The molecule has 0 fully saturated rings. The maximum absolute atomic E-state index is 11.9. The summed E-state index contributed by atoms with van der Waals surface area (Å²) in [5, 5.41) is 3.74. The van der Waals surface area contributed by atoms with Gasteiger partial charge in [-0.3, -0.25) is 4.68 Å². The first-order valence-electron chi connectivity index (χ1n) is 3.73. The van der Waals surface area contributed by atoms with Crippen molar-refractivity contribution in [1.82, 2.24) is 9.78 Å². The van der Waals surface area contributed by atoms with Gasteiger partial charge in [-0.25, -0.2) is 8.78 Å². The molecule has 0 amide bonds. The summed E-state index contributed by atoms with van der Waals surface area (Å²) in [5.41, 5.74) is 6.27. The molecule has 12 heavy (non-hydrogen) atoms. The lowest BCUT2D eigenvalue weighted by Crippen LogP contribution is -2.07. The van der Waals surface area contributed by atoms with Crippen molar-refractivity contribution >= 4 is 5.82 Å². The van der Waals surface area contributed by atoms with E-state index in [2.05, 4.69) is 5.10 Å². The van der Waals surface area contributed by atoms with E-state index in [0.29, 0.717) is 5.82 Å². The molecule has 2 N–H and O–H groups in total. The van der Waals surface area contributed by atoms with Crippen LogP contribution in [0.3, 0.4) is 0 Å². The average Bonchev–Trinajstić information content (AvgIpc) is 2.29. The first kappa shape index (κ1) is 8.96. The van der Waals surface area contributed by atoms with Crippen LogP contribution < -0.4 is 5.73 Å². The zero-order chi connectivity index (χ0) is 9.14. The molecule has 0 saturated carbocycles. The fourth-order valence-electron chi connectivity index (χ4n) is 0.985. The van der Waals surface area contributed by atoms with E-state index in [-0.39, 0.29) is 6.54 Å². The van der Waals surface area contributed by atoms with Crippen LogP contribution in [0.25, 0.3) is 0 Å². The van der Waals surface area contributed by atoms with E-state index in [4.69, 9.17) is 5.73 Å². The summed E-state index contributed by atoms with van der Waals surface area (Å²) in [7, 11) is 0. The second-order valence-electron chi connectivity index (χ2n) is 2.51. The van der Waals surface area contributed by atoms with Crippen LogP contribution in [0.1, 0.15) is 12.5 Å². The number of aromatic nitrogens is 2. The van der Waals surface area contributed by atoms with E-state index < -0.39 is 6.43 Å². The van der Waals surface area contributed by atoms with Crippen molar-refractivity contribution in [2.75, 3.05) is 5.73 Å². The second-order valence-corrected chi connectivity index (χ2v) is 2.51. The molecule has 0 aliphatic heterocycles. The number of nitrogens with zero attached hydrogens (tertiary/aromatic N) is 2. The van der Waals surface area contributed by atoms with Crippen molar-refractivity contribution in [2.24, 2.45) is 0 Å². The molecule has 0 atom stereocenters. The molecule has 5 heteroatoms. The molecular formula is C7H11F2N3. The maximum atomic E-state index is 11.9. The minimum Gasteiger partial charge on any atom is -0.382 e. The van der Waals surface area contributed by atoms with Gasteiger partial charge in [0.1, 0.15) is 12.4 Å². The van der Waals surface area contributed by atoms with Gasteiger partial charge < -0.3 is 5.73 Å². The van der Waals surface area contributed by atoms with E-state index in [1.54, 1.807) is 6.20 Å². The quantitative estimate of drug-likeness (QED) is 0.752. The highest BCUT2D eigenvalue weighted by molar-refractivity contribution is 5.36. The second kappa shape index (κ2) is 3.51. The molecular weight excluding hydrogens is 164 g/mol. The zero-order valence-electron chi connectivity index (χ0n) is 6.80. The predicted octanol–water partition coefficient (Wildman–Crippen LogP) is 1.29. The van der Waals surface area contributed by atoms with E-state index in [0.717, 1.165) is 12.0 Å². The number of hydrogen-bond acceptors (Lipinski definition) is 2.